The number of nitrogens with zero attached hydrogens (tertiary/aromatic N) is 5. The van der Waals surface area contributed by atoms with E-state index in [2.05, 4.69) is 30.9 Å². The normalized spacial score (nSPS) is 11.0. The van der Waals surface area contributed by atoms with E-state index in [4.69, 9.17) is 0 Å². The number of hydrogen-bond donors (Lipinski definition) is 1. The monoisotopic (exact) mass is 360 g/mol. The summed E-state index contributed by atoms with van der Waals surface area (Å²) in [6.07, 6.45) is 7.58. The number of para-hydroxylation sites is 2. The number of rotatable bonds is 6. The van der Waals surface area contributed by atoms with Gasteiger partial charge in [-0.05, 0) is 37.6 Å². The van der Waals surface area contributed by atoms with Crippen molar-refractivity contribution in [3.8, 4) is 5.82 Å². The molecule has 0 aliphatic rings. The van der Waals surface area contributed by atoms with Crippen molar-refractivity contribution in [1.82, 2.24) is 29.4 Å². The van der Waals surface area contributed by atoms with Crippen LogP contribution in [0.3, 0.4) is 0 Å². The Morgan fingerprint density at radius 2 is 2.07 bits per heavy atom. The molecular weight excluding hydrogens is 340 g/mol. The van der Waals surface area contributed by atoms with Crippen molar-refractivity contribution in [2.75, 3.05) is 6.54 Å². The van der Waals surface area contributed by atoms with Crippen molar-refractivity contribution in [2.45, 2.75) is 19.9 Å². The molecule has 3 aromatic heterocycles. The van der Waals surface area contributed by atoms with Gasteiger partial charge >= 0.3 is 0 Å². The zero-order valence-corrected chi connectivity index (χ0v) is 15.0. The van der Waals surface area contributed by atoms with E-state index >= 15 is 0 Å². The number of imidazole rings is 2. The van der Waals surface area contributed by atoms with Crippen LogP contribution in [0.5, 0.6) is 0 Å². The third kappa shape index (κ3) is 3.57. The molecule has 136 valence electrons. The van der Waals surface area contributed by atoms with Crippen molar-refractivity contribution < 1.29 is 4.79 Å². The number of aryl methyl sites for hydroxylation is 2. The van der Waals surface area contributed by atoms with Crippen molar-refractivity contribution >= 4 is 16.9 Å². The van der Waals surface area contributed by atoms with Crippen LogP contribution in [0.15, 0.2) is 61.3 Å². The summed E-state index contributed by atoms with van der Waals surface area (Å²) in [4.78, 5) is 25.2. The first kappa shape index (κ1) is 17.0. The van der Waals surface area contributed by atoms with Gasteiger partial charge < -0.3 is 9.88 Å². The van der Waals surface area contributed by atoms with Crippen molar-refractivity contribution in [3.05, 3.63) is 72.7 Å². The molecule has 0 saturated heterocycles. The van der Waals surface area contributed by atoms with Crippen molar-refractivity contribution in [2.24, 2.45) is 0 Å². The number of carbonyl (C=O) groups is 1. The highest BCUT2D eigenvalue weighted by atomic mass is 16.1. The van der Waals surface area contributed by atoms with Gasteiger partial charge in [-0.25, -0.2) is 15.0 Å². The molecule has 0 spiro atoms. The van der Waals surface area contributed by atoms with Crippen molar-refractivity contribution in [3.63, 3.8) is 0 Å². The SMILES string of the molecule is Cc1nc2ccccc2n1CCCNC(=O)c1ccc(-n2ccnc2)nc1. The largest absolute Gasteiger partial charge is 0.352 e. The number of nitrogens with one attached hydrogen (secondary N) is 1. The Bertz CT molecular complexity index is 1050. The number of aromatic nitrogens is 5. The second-order valence-electron chi connectivity index (χ2n) is 6.28. The molecule has 7 heteroatoms. The van der Waals surface area contributed by atoms with Gasteiger partial charge in [0.25, 0.3) is 5.91 Å². The lowest BCUT2D eigenvalue weighted by molar-refractivity contribution is 0.0952. The fourth-order valence-corrected chi connectivity index (χ4v) is 3.09. The maximum absolute atomic E-state index is 12.3. The van der Waals surface area contributed by atoms with Gasteiger partial charge in [0, 0.05) is 31.7 Å². The average molecular weight is 360 g/mol. The van der Waals surface area contributed by atoms with Gasteiger partial charge in [0.2, 0.25) is 0 Å². The van der Waals surface area contributed by atoms with Crippen LogP contribution >= 0.6 is 0 Å². The standard InChI is InChI=1S/C20H20N6O/c1-15-24-17-5-2-3-6-18(17)26(15)11-4-9-22-20(27)16-7-8-19(23-13-16)25-12-10-21-14-25/h2-3,5-8,10,12-14H,4,9,11H2,1H3,(H,22,27). The van der Waals surface area contributed by atoms with Crippen LogP contribution in [0, 0.1) is 6.92 Å². The summed E-state index contributed by atoms with van der Waals surface area (Å²) >= 11 is 0. The molecule has 0 aliphatic heterocycles. The fourth-order valence-electron chi connectivity index (χ4n) is 3.09. The average Bonchev–Trinajstić information content (AvgIpc) is 3.33. The molecular formula is C20H20N6O. The highest BCUT2D eigenvalue weighted by molar-refractivity contribution is 5.93. The van der Waals surface area contributed by atoms with Gasteiger partial charge in [0.1, 0.15) is 18.0 Å². The topological polar surface area (TPSA) is 77.6 Å². The molecule has 0 saturated carbocycles. The first-order valence-electron chi connectivity index (χ1n) is 8.87. The van der Waals surface area contributed by atoms with Crippen LogP contribution in [0.4, 0.5) is 0 Å². The summed E-state index contributed by atoms with van der Waals surface area (Å²) in [5.41, 5.74) is 2.67. The van der Waals surface area contributed by atoms with Crippen molar-refractivity contribution in [1.29, 1.82) is 0 Å². The lowest BCUT2D eigenvalue weighted by Crippen LogP contribution is -2.25. The predicted octanol–water partition coefficient (Wildman–Crippen LogP) is 2.75. The van der Waals surface area contributed by atoms with Crippen LogP contribution in [0.25, 0.3) is 16.9 Å². The third-order valence-corrected chi connectivity index (χ3v) is 4.47. The van der Waals surface area contributed by atoms with Gasteiger partial charge in [-0.2, -0.15) is 0 Å². The van der Waals surface area contributed by atoms with E-state index in [1.807, 2.05) is 31.3 Å². The quantitative estimate of drug-likeness (QED) is 0.536. The summed E-state index contributed by atoms with van der Waals surface area (Å²) in [6.45, 7) is 3.41. The van der Waals surface area contributed by atoms with Crippen LogP contribution in [-0.2, 0) is 6.54 Å². The Hall–Kier alpha value is -3.48. The maximum Gasteiger partial charge on any atom is 0.252 e. The minimum Gasteiger partial charge on any atom is -0.352 e. The summed E-state index contributed by atoms with van der Waals surface area (Å²) in [5.74, 6) is 1.60. The molecule has 0 atom stereocenters. The van der Waals surface area contributed by atoms with Gasteiger partial charge in [-0.3, -0.25) is 9.36 Å². The fraction of sp³-hybridized carbons (Fsp3) is 0.200. The molecule has 27 heavy (non-hydrogen) atoms. The Morgan fingerprint density at radius 1 is 1.19 bits per heavy atom. The second kappa shape index (κ2) is 7.41. The highest BCUT2D eigenvalue weighted by Gasteiger charge is 2.08. The van der Waals surface area contributed by atoms with Gasteiger partial charge in [0.15, 0.2) is 0 Å². The molecule has 4 rings (SSSR count). The Morgan fingerprint density at radius 3 is 2.85 bits per heavy atom. The zero-order valence-electron chi connectivity index (χ0n) is 15.0. The molecule has 3 heterocycles. The van der Waals surface area contributed by atoms with Crippen LogP contribution in [0.2, 0.25) is 0 Å². The summed E-state index contributed by atoms with van der Waals surface area (Å²) in [6, 6.07) is 11.7. The van der Waals surface area contributed by atoms with E-state index in [-0.39, 0.29) is 5.91 Å². The van der Waals surface area contributed by atoms with E-state index < -0.39 is 0 Å². The lowest BCUT2D eigenvalue weighted by Gasteiger charge is -2.09. The molecule has 4 aromatic rings. The van der Waals surface area contributed by atoms with E-state index in [1.54, 1.807) is 35.4 Å². The number of carbonyl (C=O) groups excluding carboxylic acids is 1. The molecule has 0 aliphatic carbocycles. The number of pyridine rings is 1. The number of fused-ring (bicyclic) bond motifs is 1. The Kier molecular flexibility index (Phi) is 4.65. The smallest absolute Gasteiger partial charge is 0.252 e. The molecule has 1 aromatic carbocycles. The molecule has 0 fully saturated rings. The van der Waals surface area contributed by atoms with E-state index in [0.29, 0.717) is 12.1 Å². The van der Waals surface area contributed by atoms with E-state index in [9.17, 15) is 4.79 Å². The number of amides is 1. The summed E-state index contributed by atoms with van der Waals surface area (Å²) in [5, 5.41) is 2.95. The summed E-state index contributed by atoms with van der Waals surface area (Å²) < 4.78 is 3.97. The van der Waals surface area contributed by atoms with E-state index in [1.165, 1.54) is 0 Å². The minimum atomic E-state index is -0.119. The third-order valence-electron chi connectivity index (χ3n) is 4.47. The molecule has 0 radical (unpaired) electrons. The van der Waals surface area contributed by atoms with Gasteiger partial charge in [-0.15, -0.1) is 0 Å². The van der Waals surface area contributed by atoms with Crippen LogP contribution < -0.4 is 5.32 Å². The molecule has 1 amide bonds. The first-order valence-corrected chi connectivity index (χ1v) is 8.87. The zero-order chi connectivity index (χ0) is 18.6. The minimum absolute atomic E-state index is 0.119. The molecule has 0 unspecified atom stereocenters. The van der Waals surface area contributed by atoms with Crippen LogP contribution in [0.1, 0.15) is 22.6 Å². The lowest BCUT2D eigenvalue weighted by atomic mass is 10.2. The Labute approximate surface area is 156 Å². The number of benzene rings is 1. The Balaban J connectivity index is 1.32. The van der Waals surface area contributed by atoms with Gasteiger partial charge in [-0.1, -0.05) is 12.1 Å². The first-order chi connectivity index (χ1) is 13.2. The predicted molar refractivity (Wildman–Crippen MR) is 103 cm³/mol. The molecule has 0 bridgehead atoms. The second-order valence-corrected chi connectivity index (χ2v) is 6.28. The number of hydrogen-bond acceptors (Lipinski definition) is 4. The molecule has 7 nitrogen and oxygen atoms in total. The van der Waals surface area contributed by atoms with Gasteiger partial charge in [0.05, 0.1) is 16.6 Å². The molecule has 1 N–H and O–H groups in total. The highest BCUT2D eigenvalue weighted by Crippen LogP contribution is 2.15. The summed E-state index contributed by atoms with van der Waals surface area (Å²) in [7, 11) is 0. The van der Waals surface area contributed by atoms with E-state index in [0.717, 1.165) is 35.6 Å². The van der Waals surface area contributed by atoms with Crippen LogP contribution in [-0.4, -0.2) is 36.5 Å². The maximum atomic E-state index is 12.3.